The van der Waals surface area contributed by atoms with Crippen molar-refractivity contribution in [3.63, 3.8) is 0 Å². The van der Waals surface area contributed by atoms with Crippen LogP contribution in [-0.2, 0) is 19.8 Å². The first kappa shape index (κ1) is 29.8. The van der Waals surface area contributed by atoms with E-state index in [0.717, 1.165) is 5.56 Å². The fraction of sp³-hybridized carbons (Fsp3) is 0.655. The normalized spacial score (nSPS) is 27.6. The minimum absolute atomic E-state index is 0.0206. The van der Waals surface area contributed by atoms with Gasteiger partial charge in [-0.2, -0.15) is 18.4 Å². The van der Waals surface area contributed by atoms with Crippen molar-refractivity contribution >= 4 is 23.4 Å². The number of fused-ring (bicyclic) bond motifs is 2. The lowest BCUT2D eigenvalue weighted by molar-refractivity contribution is -0.185. The standard InChI is InChI=1S/C29H38F3N5O3/c1-17(2)37-21(11-12-23(37)29(30,31)32)24(38)35(6)22(14-27(3,4)5)25(39)36-16-28(13-18(36)15-33)19-9-7-8-10-20(19)34-26(28)40/h7-10,17-18,21-23H,11-14,16H2,1-6H3,(H,34,40)/t18-,21-,22-,23+,28-/m0/s1. The highest BCUT2D eigenvalue weighted by Gasteiger charge is 2.57. The lowest BCUT2D eigenvalue weighted by Crippen LogP contribution is -2.58. The number of carbonyl (C=O) groups excluding carboxylic acids is 3. The van der Waals surface area contributed by atoms with Gasteiger partial charge < -0.3 is 15.1 Å². The third kappa shape index (κ3) is 5.18. The molecule has 1 aromatic rings. The third-order valence-corrected chi connectivity index (χ3v) is 8.51. The predicted octanol–water partition coefficient (Wildman–Crippen LogP) is 4.07. The summed E-state index contributed by atoms with van der Waals surface area (Å²) in [6, 6.07) is 4.17. The zero-order chi connectivity index (χ0) is 29.8. The molecule has 2 saturated heterocycles. The fourth-order valence-electron chi connectivity index (χ4n) is 6.67. The molecule has 5 atom stereocenters. The van der Waals surface area contributed by atoms with Crippen LogP contribution in [0.1, 0.15) is 65.9 Å². The highest BCUT2D eigenvalue weighted by atomic mass is 19.4. The number of hydrogen-bond acceptors (Lipinski definition) is 5. The van der Waals surface area contributed by atoms with Gasteiger partial charge in [0, 0.05) is 31.7 Å². The first-order valence-electron chi connectivity index (χ1n) is 13.7. The number of likely N-dealkylation sites (N-methyl/N-ethyl adjacent to an activating group) is 1. The monoisotopic (exact) mass is 561 g/mol. The van der Waals surface area contributed by atoms with E-state index in [9.17, 15) is 32.8 Å². The van der Waals surface area contributed by atoms with E-state index in [0.29, 0.717) is 5.69 Å². The van der Waals surface area contributed by atoms with Crippen LogP contribution in [0.3, 0.4) is 0 Å². The lowest BCUT2D eigenvalue weighted by Gasteiger charge is -2.39. The van der Waals surface area contributed by atoms with Crippen molar-refractivity contribution in [2.75, 3.05) is 18.9 Å². The van der Waals surface area contributed by atoms with Gasteiger partial charge in [-0.15, -0.1) is 0 Å². The Morgan fingerprint density at radius 2 is 1.85 bits per heavy atom. The quantitative estimate of drug-likeness (QED) is 0.585. The van der Waals surface area contributed by atoms with Crippen LogP contribution < -0.4 is 5.32 Å². The number of amides is 3. The molecular weight excluding hydrogens is 523 g/mol. The molecule has 8 nitrogen and oxygen atoms in total. The molecule has 1 aromatic carbocycles. The van der Waals surface area contributed by atoms with E-state index >= 15 is 0 Å². The van der Waals surface area contributed by atoms with Crippen LogP contribution in [0.4, 0.5) is 18.9 Å². The summed E-state index contributed by atoms with van der Waals surface area (Å²) in [6.07, 6.45) is -4.28. The lowest BCUT2D eigenvalue weighted by atomic mass is 9.80. The van der Waals surface area contributed by atoms with E-state index in [1.165, 1.54) is 21.7 Å². The number of nitriles is 1. The Labute approximate surface area is 233 Å². The van der Waals surface area contributed by atoms with Crippen molar-refractivity contribution in [3.8, 4) is 6.07 Å². The average Bonchev–Trinajstić information content (AvgIpc) is 3.55. The number of rotatable bonds is 5. The second-order valence-electron chi connectivity index (χ2n) is 12.8. The van der Waals surface area contributed by atoms with E-state index in [-0.39, 0.29) is 38.1 Å². The van der Waals surface area contributed by atoms with Crippen molar-refractivity contribution in [3.05, 3.63) is 29.8 Å². The molecule has 1 spiro atoms. The fourth-order valence-corrected chi connectivity index (χ4v) is 6.67. The predicted molar refractivity (Wildman–Crippen MR) is 143 cm³/mol. The smallest absolute Gasteiger partial charge is 0.332 e. The number of halogens is 3. The SMILES string of the molecule is CC(C)N1[C@H](C(=O)N(C)[C@@H](CC(C)(C)C)C(=O)N2C[C@]3(C[C@H]2C#N)C(=O)Nc2ccccc23)CC[C@@H]1C(F)(F)F. The van der Waals surface area contributed by atoms with Crippen molar-refractivity contribution in [2.24, 2.45) is 5.41 Å². The van der Waals surface area contributed by atoms with Crippen LogP contribution in [0.25, 0.3) is 0 Å². The molecule has 3 aliphatic rings. The summed E-state index contributed by atoms with van der Waals surface area (Å²) < 4.78 is 41.4. The summed E-state index contributed by atoms with van der Waals surface area (Å²) >= 11 is 0. The molecule has 218 valence electrons. The first-order chi connectivity index (χ1) is 18.5. The topological polar surface area (TPSA) is 96.8 Å². The van der Waals surface area contributed by atoms with Gasteiger partial charge >= 0.3 is 6.18 Å². The van der Waals surface area contributed by atoms with E-state index < -0.39 is 59.0 Å². The highest BCUT2D eigenvalue weighted by Crippen LogP contribution is 2.47. The van der Waals surface area contributed by atoms with Crippen LogP contribution in [0.5, 0.6) is 0 Å². The molecule has 1 N–H and O–H groups in total. The number of nitrogens with one attached hydrogen (secondary N) is 1. The van der Waals surface area contributed by atoms with E-state index in [1.807, 2.05) is 26.8 Å². The number of alkyl halides is 3. The maximum absolute atomic E-state index is 14.2. The van der Waals surface area contributed by atoms with Gasteiger partial charge in [0.2, 0.25) is 17.7 Å². The molecule has 11 heteroatoms. The summed E-state index contributed by atoms with van der Waals surface area (Å²) in [5.41, 5.74) is -0.134. The maximum Gasteiger partial charge on any atom is 0.404 e. The largest absolute Gasteiger partial charge is 0.404 e. The van der Waals surface area contributed by atoms with E-state index in [4.69, 9.17) is 0 Å². The highest BCUT2D eigenvalue weighted by molar-refractivity contribution is 6.07. The molecule has 3 aliphatic heterocycles. The number of carbonyl (C=O) groups is 3. The number of hydrogen-bond donors (Lipinski definition) is 1. The van der Waals surface area contributed by atoms with Gasteiger partial charge in [0.15, 0.2) is 0 Å². The van der Waals surface area contributed by atoms with Gasteiger partial charge in [-0.25, -0.2) is 0 Å². The Hall–Kier alpha value is -3.13. The Morgan fingerprint density at radius 1 is 1.20 bits per heavy atom. The molecular formula is C29H38F3N5O3. The molecule has 3 heterocycles. The van der Waals surface area contributed by atoms with Gasteiger partial charge in [-0.1, -0.05) is 39.0 Å². The summed E-state index contributed by atoms with van der Waals surface area (Å²) in [7, 11) is 1.46. The Morgan fingerprint density at radius 3 is 2.42 bits per heavy atom. The summed E-state index contributed by atoms with van der Waals surface area (Å²) in [5, 5.41) is 12.9. The van der Waals surface area contributed by atoms with E-state index in [2.05, 4.69) is 11.4 Å². The van der Waals surface area contributed by atoms with Crippen LogP contribution in [0, 0.1) is 16.7 Å². The van der Waals surface area contributed by atoms with Crippen molar-refractivity contribution in [2.45, 2.75) is 102 Å². The molecule has 0 unspecified atom stereocenters. The van der Waals surface area contributed by atoms with Crippen LogP contribution >= 0.6 is 0 Å². The second kappa shape index (κ2) is 10.4. The molecule has 0 aliphatic carbocycles. The molecule has 0 radical (unpaired) electrons. The van der Waals surface area contributed by atoms with Crippen LogP contribution in [0.15, 0.2) is 24.3 Å². The van der Waals surface area contributed by atoms with Crippen molar-refractivity contribution in [1.29, 1.82) is 5.26 Å². The third-order valence-electron chi connectivity index (χ3n) is 8.51. The zero-order valence-corrected chi connectivity index (χ0v) is 23.9. The molecule has 40 heavy (non-hydrogen) atoms. The number of para-hydroxylation sites is 1. The first-order valence-corrected chi connectivity index (χ1v) is 13.7. The molecule has 3 amide bonds. The molecule has 4 rings (SSSR count). The van der Waals surface area contributed by atoms with Crippen molar-refractivity contribution in [1.82, 2.24) is 14.7 Å². The summed E-state index contributed by atoms with van der Waals surface area (Å²) in [5.74, 6) is -1.31. The number of nitrogens with zero attached hydrogens (tertiary/aromatic N) is 4. The summed E-state index contributed by atoms with van der Waals surface area (Å²) in [4.78, 5) is 45.1. The average molecular weight is 562 g/mol. The molecule has 0 aromatic heterocycles. The second-order valence-corrected chi connectivity index (χ2v) is 12.8. The van der Waals surface area contributed by atoms with Crippen molar-refractivity contribution < 1.29 is 27.6 Å². The van der Waals surface area contributed by atoms with Gasteiger partial charge in [-0.05, 0) is 50.2 Å². The van der Waals surface area contributed by atoms with Gasteiger partial charge in [-0.3, -0.25) is 19.3 Å². The molecule has 0 bridgehead atoms. The maximum atomic E-state index is 14.2. The van der Waals surface area contributed by atoms with Crippen LogP contribution in [-0.4, -0.2) is 82.4 Å². The van der Waals surface area contributed by atoms with Gasteiger partial charge in [0.25, 0.3) is 0 Å². The summed E-state index contributed by atoms with van der Waals surface area (Å²) in [6.45, 7) is 8.98. The Balaban J connectivity index is 1.65. The Kier molecular flexibility index (Phi) is 7.73. The van der Waals surface area contributed by atoms with Gasteiger partial charge in [0.05, 0.1) is 17.5 Å². The number of likely N-dealkylation sites (tertiary alicyclic amines) is 2. The zero-order valence-electron chi connectivity index (χ0n) is 23.9. The minimum Gasteiger partial charge on any atom is -0.332 e. The minimum atomic E-state index is -4.47. The van der Waals surface area contributed by atoms with Gasteiger partial charge in [0.1, 0.15) is 18.1 Å². The van der Waals surface area contributed by atoms with E-state index in [1.54, 1.807) is 32.0 Å². The Bertz CT molecular complexity index is 1220. The van der Waals surface area contributed by atoms with Crippen LogP contribution in [0.2, 0.25) is 0 Å². The molecule has 2 fully saturated rings. The number of benzene rings is 1. The number of anilines is 1. The molecule has 0 saturated carbocycles.